The lowest BCUT2D eigenvalue weighted by Gasteiger charge is -2.34. The maximum Gasteiger partial charge on any atom is 0.262 e. The molecule has 3 heterocycles. The predicted octanol–water partition coefficient (Wildman–Crippen LogP) is 0.567. The fraction of sp³-hybridized carbons (Fsp3) is 0.524. The summed E-state index contributed by atoms with van der Waals surface area (Å²) >= 11 is 0. The molecule has 9 heteroatoms. The van der Waals surface area contributed by atoms with E-state index in [1.807, 2.05) is 47.4 Å². The van der Waals surface area contributed by atoms with Gasteiger partial charge in [0.25, 0.3) is 5.56 Å². The van der Waals surface area contributed by atoms with E-state index in [4.69, 9.17) is 0 Å². The van der Waals surface area contributed by atoms with Gasteiger partial charge < -0.3 is 4.90 Å². The minimum Gasteiger partial charge on any atom is -0.342 e. The number of rotatable bonds is 6. The van der Waals surface area contributed by atoms with Crippen LogP contribution in [0.2, 0.25) is 0 Å². The fourth-order valence-electron chi connectivity index (χ4n) is 4.17. The first-order chi connectivity index (χ1) is 14.5. The maximum atomic E-state index is 12.6. The summed E-state index contributed by atoms with van der Waals surface area (Å²) in [5.74, 6) is 1.57. The molecule has 1 aromatic carbocycles. The zero-order chi connectivity index (χ0) is 21.3. The summed E-state index contributed by atoms with van der Waals surface area (Å²) in [6, 6.07) is 7.58. The van der Waals surface area contributed by atoms with Crippen molar-refractivity contribution in [2.75, 3.05) is 45.8 Å². The average Bonchev–Trinajstić information content (AvgIpc) is 3.18. The second-order valence-corrected chi connectivity index (χ2v) is 7.75. The van der Waals surface area contributed by atoms with Gasteiger partial charge in [-0.25, -0.2) is 0 Å². The largest absolute Gasteiger partial charge is 0.342 e. The number of aromatic nitrogens is 4. The highest BCUT2D eigenvalue weighted by Crippen LogP contribution is 2.15. The van der Waals surface area contributed by atoms with Crippen molar-refractivity contribution in [1.82, 2.24) is 33.9 Å². The van der Waals surface area contributed by atoms with Crippen LogP contribution >= 0.6 is 0 Å². The van der Waals surface area contributed by atoms with Crippen LogP contribution in [0.25, 0.3) is 16.7 Å². The Labute approximate surface area is 175 Å². The molecule has 160 valence electrons. The Bertz CT molecular complexity index is 1110. The Morgan fingerprint density at radius 2 is 1.70 bits per heavy atom. The molecule has 0 aliphatic carbocycles. The molecule has 30 heavy (non-hydrogen) atoms. The van der Waals surface area contributed by atoms with Crippen molar-refractivity contribution < 1.29 is 4.79 Å². The third-order valence-electron chi connectivity index (χ3n) is 6.00. The van der Waals surface area contributed by atoms with E-state index in [-0.39, 0.29) is 11.5 Å². The summed E-state index contributed by atoms with van der Waals surface area (Å²) < 4.78 is 3.53. The molecule has 0 unspecified atom stereocenters. The van der Waals surface area contributed by atoms with Crippen LogP contribution in [0, 0.1) is 0 Å². The van der Waals surface area contributed by atoms with Crippen molar-refractivity contribution in [2.45, 2.75) is 20.4 Å². The second kappa shape index (κ2) is 8.53. The number of carbonyl (C=O) groups is 1. The number of hydrogen-bond donors (Lipinski definition) is 0. The highest BCUT2D eigenvalue weighted by Gasteiger charge is 2.23. The second-order valence-electron chi connectivity index (χ2n) is 7.75. The van der Waals surface area contributed by atoms with Gasteiger partial charge in [-0.15, -0.1) is 10.2 Å². The van der Waals surface area contributed by atoms with Crippen LogP contribution in [0.1, 0.15) is 19.7 Å². The number of piperazine rings is 1. The Morgan fingerprint density at radius 1 is 1.03 bits per heavy atom. The van der Waals surface area contributed by atoms with Gasteiger partial charge in [-0.3, -0.25) is 28.4 Å². The number of fused-ring (bicyclic) bond motifs is 3. The van der Waals surface area contributed by atoms with E-state index in [0.717, 1.165) is 50.6 Å². The number of aryl methyl sites for hydroxylation is 1. The lowest BCUT2D eigenvalue weighted by atomic mass is 10.2. The number of hydrogen-bond acceptors (Lipinski definition) is 6. The van der Waals surface area contributed by atoms with Gasteiger partial charge in [0.2, 0.25) is 11.7 Å². The van der Waals surface area contributed by atoms with Crippen LogP contribution in [0.5, 0.6) is 0 Å². The smallest absolute Gasteiger partial charge is 0.262 e. The van der Waals surface area contributed by atoms with Gasteiger partial charge >= 0.3 is 0 Å². The number of carbonyl (C=O) groups excluding carboxylic acids is 1. The first kappa shape index (κ1) is 20.5. The third-order valence-corrected chi connectivity index (χ3v) is 6.00. The molecule has 4 rings (SSSR count). The van der Waals surface area contributed by atoms with Crippen LogP contribution in [0.4, 0.5) is 0 Å². The number of likely N-dealkylation sites (N-methyl/N-ethyl adjacent to an activating group) is 1. The van der Waals surface area contributed by atoms with Crippen molar-refractivity contribution in [2.24, 2.45) is 7.05 Å². The molecular formula is C21H29N7O2. The lowest BCUT2D eigenvalue weighted by Crippen LogP contribution is -2.49. The lowest BCUT2D eigenvalue weighted by molar-refractivity contribution is -0.132. The van der Waals surface area contributed by atoms with E-state index in [2.05, 4.69) is 20.0 Å². The van der Waals surface area contributed by atoms with Crippen LogP contribution in [-0.4, -0.2) is 85.6 Å². The molecular weight excluding hydrogens is 382 g/mol. The maximum absolute atomic E-state index is 12.6. The summed E-state index contributed by atoms with van der Waals surface area (Å²) in [5, 5.41) is 9.33. The topological polar surface area (TPSA) is 79.0 Å². The van der Waals surface area contributed by atoms with Crippen molar-refractivity contribution in [3.8, 4) is 0 Å². The van der Waals surface area contributed by atoms with E-state index < -0.39 is 0 Å². The summed E-state index contributed by atoms with van der Waals surface area (Å²) in [6.07, 6.45) is 0. The van der Waals surface area contributed by atoms with Crippen LogP contribution in [0.15, 0.2) is 29.1 Å². The monoisotopic (exact) mass is 411 g/mol. The normalized spacial score (nSPS) is 15.8. The van der Waals surface area contributed by atoms with Crippen molar-refractivity contribution in [3.05, 3.63) is 40.4 Å². The van der Waals surface area contributed by atoms with Crippen LogP contribution < -0.4 is 5.56 Å². The Morgan fingerprint density at radius 3 is 2.40 bits per heavy atom. The van der Waals surface area contributed by atoms with Gasteiger partial charge in [0.1, 0.15) is 0 Å². The Balaban J connectivity index is 1.49. The molecule has 9 nitrogen and oxygen atoms in total. The van der Waals surface area contributed by atoms with Gasteiger partial charge in [-0.2, -0.15) is 0 Å². The van der Waals surface area contributed by atoms with Crippen molar-refractivity contribution >= 4 is 22.6 Å². The van der Waals surface area contributed by atoms with E-state index in [1.165, 1.54) is 0 Å². The molecule has 1 aliphatic rings. The van der Waals surface area contributed by atoms with Gasteiger partial charge in [0, 0.05) is 46.3 Å². The number of benzene rings is 1. The Hall–Kier alpha value is -2.78. The molecule has 1 saturated heterocycles. The van der Waals surface area contributed by atoms with Crippen LogP contribution in [-0.2, 0) is 18.4 Å². The van der Waals surface area contributed by atoms with Crippen LogP contribution in [0.3, 0.4) is 0 Å². The zero-order valence-corrected chi connectivity index (χ0v) is 17.9. The van der Waals surface area contributed by atoms with E-state index >= 15 is 0 Å². The van der Waals surface area contributed by atoms with Gasteiger partial charge in [-0.05, 0) is 26.0 Å². The molecule has 0 atom stereocenters. The molecule has 0 radical (unpaired) electrons. The number of nitrogens with zero attached hydrogens (tertiary/aromatic N) is 7. The van der Waals surface area contributed by atoms with E-state index in [9.17, 15) is 9.59 Å². The molecule has 2 aromatic heterocycles. The fourth-order valence-corrected chi connectivity index (χ4v) is 4.17. The van der Waals surface area contributed by atoms with Crippen molar-refractivity contribution in [3.63, 3.8) is 0 Å². The third kappa shape index (κ3) is 3.70. The standard InChI is InChI=1S/C21H29N7O2/c1-4-27(5-2)19(29)15-26-12-10-25(11-13-26)14-18-22-23-21-24(3)20(30)16-8-6-7-9-17(16)28(18)21/h6-9H,4-5,10-15H2,1-3H3. The SMILES string of the molecule is CCN(CC)C(=O)CN1CCN(Cc2nnc3n(C)c(=O)c4ccccc4n23)CC1. The Kier molecular flexibility index (Phi) is 5.83. The number of amides is 1. The summed E-state index contributed by atoms with van der Waals surface area (Å²) in [4.78, 5) is 31.4. The number of para-hydroxylation sites is 1. The molecule has 0 N–H and O–H groups in total. The highest BCUT2D eigenvalue weighted by atomic mass is 16.2. The first-order valence-electron chi connectivity index (χ1n) is 10.6. The first-order valence-corrected chi connectivity index (χ1v) is 10.6. The molecule has 0 bridgehead atoms. The zero-order valence-electron chi connectivity index (χ0n) is 17.9. The van der Waals surface area contributed by atoms with Gasteiger partial charge in [-0.1, -0.05) is 12.1 Å². The molecule has 0 saturated carbocycles. The van der Waals surface area contributed by atoms with E-state index in [0.29, 0.717) is 24.3 Å². The average molecular weight is 412 g/mol. The molecule has 3 aromatic rings. The summed E-state index contributed by atoms with van der Waals surface area (Å²) in [6.45, 7) is 10.1. The van der Waals surface area contributed by atoms with Gasteiger partial charge in [0.15, 0.2) is 5.82 Å². The molecule has 1 aliphatic heterocycles. The molecule has 1 amide bonds. The van der Waals surface area contributed by atoms with Gasteiger partial charge in [0.05, 0.1) is 24.0 Å². The van der Waals surface area contributed by atoms with E-state index in [1.54, 1.807) is 11.6 Å². The summed E-state index contributed by atoms with van der Waals surface area (Å²) in [5.41, 5.74) is 0.766. The quantitative estimate of drug-likeness (QED) is 0.590. The highest BCUT2D eigenvalue weighted by molar-refractivity contribution is 5.80. The molecule has 0 spiro atoms. The minimum atomic E-state index is -0.0662. The van der Waals surface area contributed by atoms with Crippen molar-refractivity contribution in [1.29, 1.82) is 0 Å². The summed E-state index contributed by atoms with van der Waals surface area (Å²) in [7, 11) is 1.73. The predicted molar refractivity (Wildman–Crippen MR) is 115 cm³/mol. The minimum absolute atomic E-state index is 0.0662. The molecule has 1 fully saturated rings.